The predicted molar refractivity (Wildman–Crippen MR) is 157 cm³/mol. The number of nitrogens with one attached hydrogen (secondary N) is 2. The van der Waals surface area contributed by atoms with Gasteiger partial charge in [-0.15, -0.1) is 0 Å². The molecule has 0 fully saturated rings. The monoisotopic (exact) mass is 584 g/mol. The highest BCUT2D eigenvalue weighted by atomic mass is 16.5. The zero-order valence-electron chi connectivity index (χ0n) is 24.7. The summed E-state index contributed by atoms with van der Waals surface area (Å²) in [5.74, 6) is 2.96. The number of alkyl carbamates (subject to hydrolysis) is 1. The molecule has 228 valence electrons. The summed E-state index contributed by atoms with van der Waals surface area (Å²) in [7, 11) is 4.60. The van der Waals surface area contributed by atoms with Gasteiger partial charge >= 0.3 is 6.09 Å². The first-order chi connectivity index (χ1) is 20.6. The first-order valence-corrected chi connectivity index (χ1v) is 14.0. The Hall–Kier alpha value is -4.00. The van der Waals surface area contributed by atoms with Crippen LogP contribution in [0.3, 0.4) is 0 Å². The number of anilines is 2. The van der Waals surface area contributed by atoms with Crippen LogP contribution in [0.2, 0.25) is 0 Å². The van der Waals surface area contributed by atoms with Gasteiger partial charge in [-0.05, 0) is 36.8 Å². The molecule has 0 radical (unpaired) electrons. The molecule has 2 N–H and O–H groups in total. The summed E-state index contributed by atoms with van der Waals surface area (Å²) in [6.07, 6.45) is 0.240. The van der Waals surface area contributed by atoms with Crippen LogP contribution in [0, 0.1) is 0 Å². The third-order valence-electron chi connectivity index (χ3n) is 6.58. The highest BCUT2D eigenvalue weighted by molar-refractivity contribution is 5.82. The van der Waals surface area contributed by atoms with E-state index in [9.17, 15) is 4.79 Å². The van der Waals surface area contributed by atoms with E-state index in [0.717, 1.165) is 39.6 Å². The summed E-state index contributed by atoms with van der Waals surface area (Å²) < 4.78 is 40.1. The van der Waals surface area contributed by atoms with Crippen LogP contribution in [0.4, 0.5) is 16.3 Å². The third kappa shape index (κ3) is 8.05. The SMILES string of the molecule is CCOc1cccc(Nc2nn(CCOCCOCCOCCNC(=O)OC)c3c2Cc2cc(OC)c(OC)cc2-3)c1. The summed E-state index contributed by atoms with van der Waals surface area (Å²) in [4.78, 5) is 11.0. The number of ether oxygens (including phenoxy) is 7. The van der Waals surface area contributed by atoms with Gasteiger partial charge in [-0.3, -0.25) is 4.68 Å². The highest BCUT2D eigenvalue weighted by Crippen LogP contribution is 2.45. The Morgan fingerprint density at radius 1 is 0.929 bits per heavy atom. The second-order valence-corrected chi connectivity index (χ2v) is 9.28. The molecule has 4 rings (SSSR count). The van der Waals surface area contributed by atoms with E-state index in [1.807, 2.05) is 48.0 Å². The Balaban J connectivity index is 1.34. The van der Waals surface area contributed by atoms with E-state index >= 15 is 0 Å². The third-order valence-corrected chi connectivity index (χ3v) is 6.58. The predicted octanol–water partition coefficient (Wildman–Crippen LogP) is 4.02. The Morgan fingerprint density at radius 3 is 2.36 bits per heavy atom. The molecule has 0 atom stereocenters. The Kier molecular flexibility index (Phi) is 11.7. The molecule has 1 aromatic heterocycles. The lowest BCUT2D eigenvalue weighted by Crippen LogP contribution is -2.27. The minimum absolute atomic E-state index is 0.384. The zero-order valence-corrected chi connectivity index (χ0v) is 24.7. The summed E-state index contributed by atoms with van der Waals surface area (Å²) >= 11 is 0. The van der Waals surface area contributed by atoms with Gasteiger partial charge in [0.15, 0.2) is 17.3 Å². The lowest BCUT2D eigenvalue weighted by molar-refractivity contribution is 0.0134. The Bertz CT molecular complexity index is 1310. The van der Waals surface area contributed by atoms with Crippen LogP contribution in [-0.4, -0.2) is 90.0 Å². The first kappa shape index (κ1) is 30.9. The molecule has 3 aromatic rings. The van der Waals surface area contributed by atoms with E-state index in [-0.39, 0.29) is 0 Å². The number of rotatable bonds is 18. The fourth-order valence-corrected chi connectivity index (χ4v) is 4.67. The number of hydrogen-bond acceptors (Lipinski definition) is 10. The minimum atomic E-state index is -0.476. The number of nitrogens with zero attached hydrogens (tertiary/aromatic N) is 2. The second-order valence-electron chi connectivity index (χ2n) is 9.28. The van der Waals surface area contributed by atoms with Gasteiger partial charge in [0.25, 0.3) is 0 Å². The lowest BCUT2D eigenvalue weighted by Gasteiger charge is -2.13. The van der Waals surface area contributed by atoms with Gasteiger partial charge in [0.2, 0.25) is 0 Å². The normalized spacial score (nSPS) is 11.5. The molecule has 0 spiro atoms. The van der Waals surface area contributed by atoms with Gasteiger partial charge in [-0.25, -0.2) is 4.79 Å². The fraction of sp³-hybridized carbons (Fsp3) is 0.467. The lowest BCUT2D eigenvalue weighted by atomic mass is 10.1. The molecule has 0 aliphatic heterocycles. The van der Waals surface area contributed by atoms with Crippen LogP contribution < -0.4 is 24.8 Å². The zero-order chi connectivity index (χ0) is 29.7. The number of amides is 1. The topological polar surface area (TPSA) is 124 Å². The maximum Gasteiger partial charge on any atom is 0.406 e. The number of methoxy groups -OCH3 is 3. The van der Waals surface area contributed by atoms with Crippen molar-refractivity contribution in [2.75, 3.05) is 79.4 Å². The maximum atomic E-state index is 11.0. The van der Waals surface area contributed by atoms with Crippen molar-refractivity contribution in [3.05, 3.63) is 47.5 Å². The van der Waals surface area contributed by atoms with E-state index in [0.29, 0.717) is 77.3 Å². The van der Waals surface area contributed by atoms with E-state index in [2.05, 4.69) is 15.4 Å². The second kappa shape index (κ2) is 15.9. The van der Waals surface area contributed by atoms with Crippen molar-refractivity contribution >= 4 is 17.6 Å². The average Bonchev–Trinajstić information content (AvgIpc) is 3.53. The van der Waals surface area contributed by atoms with Crippen molar-refractivity contribution in [3.8, 4) is 28.5 Å². The van der Waals surface area contributed by atoms with Gasteiger partial charge in [0, 0.05) is 35.8 Å². The van der Waals surface area contributed by atoms with E-state index < -0.39 is 6.09 Å². The Morgan fingerprint density at radius 2 is 1.64 bits per heavy atom. The van der Waals surface area contributed by atoms with Crippen LogP contribution in [0.1, 0.15) is 18.1 Å². The van der Waals surface area contributed by atoms with Gasteiger partial charge in [0.1, 0.15) is 5.75 Å². The molecule has 0 unspecified atom stereocenters. The van der Waals surface area contributed by atoms with Gasteiger partial charge in [-0.2, -0.15) is 5.10 Å². The highest BCUT2D eigenvalue weighted by Gasteiger charge is 2.29. The van der Waals surface area contributed by atoms with E-state index in [4.69, 9.17) is 33.5 Å². The van der Waals surface area contributed by atoms with Gasteiger partial charge < -0.3 is 43.8 Å². The fourth-order valence-electron chi connectivity index (χ4n) is 4.67. The van der Waals surface area contributed by atoms with Crippen molar-refractivity contribution in [3.63, 3.8) is 0 Å². The van der Waals surface area contributed by atoms with Crippen LogP contribution in [0.25, 0.3) is 11.3 Å². The maximum absolute atomic E-state index is 11.0. The molecule has 1 aliphatic rings. The molecule has 0 bridgehead atoms. The standard InChI is InChI=1S/C30H40N4O8/c1-5-42-23-8-6-7-22(19-23)32-29-25-17-21-18-26(36-2)27(37-3)20-24(21)28(25)34(33-29)10-12-40-14-16-41-15-13-39-11-9-31-30(35)38-4/h6-8,18-20H,5,9-17H2,1-4H3,(H,31,35)(H,32,33). The number of carbonyl (C=O) groups excluding carboxylic acids is 1. The van der Waals surface area contributed by atoms with Gasteiger partial charge in [-0.1, -0.05) is 6.07 Å². The molecule has 0 saturated carbocycles. The van der Waals surface area contributed by atoms with Crippen LogP contribution in [-0.2, 0) is 31.9 Å². The van der Waals surface area contributed by atoms with Crippen LogP contribution >= 0.6 is 0 Å². The van der Waals surface area contributed by atoms with Crippen molar-refractivity contribution in [2.45, 2.75) is 19.9 Å². The molecule has 12 nitrogen and oxygen atoms in total. The number of hydrogen-bond donors (Lipinski definition) is 2. The van der Waals surface area contributed by atoms with Gasteiger partial charge in [0.05, 0.1) is 79.8 Å². The molecule has 1 amide bonds. The molecular weight excluding hydrogens is 544 g/mol. The molecular formula is C30H40N4O8. The number of fused-ring (bicyclic) bond motifs is 3. The minimum Gasteiger partial charge on any atom is -0.494 e. The average molecular weight is 585 g/mol. The molecule has 12 heteroatoms. The quantitative estimate of drug-likeness (QED) is 0.166. The molecule has 1 heterocycles. The smallest absolute Gasteiger partial charge is 0.406 e. The Labute approximate surface area is 246 Å². The van der Waals surface area contributed by atoms with Crippen molar-refractivity contribution < 1.29 is 38.0 Å². The molecule has 1 aliphatic carbocycles. The molecule has 0 saturated heterocycles. The number of aromatic nitrogens is 2. The summed E-state index contributed by atoms with van der Waals surface area (Å²) in [5, 5.41) is 11.0. The first-order valence-electron chi connectivity index (χ1n) is 14.0. The molecule has 2 aromatic carbocycles. The largest absolute Gasteiger partial charge is 0.494 e. The summed E-state index contributed by atoms with van der Waals surface area (Å²) in [6.45, 7) is 6.13. The van der Waals surface area contributed by atoms with Crippen molar-refractivity contribution in [2.24, 2.45) is 0 Å². The number of benzene rings is 2. The summed E-state index contributed by atoms with van der Waals surface area (Å²) in [5.41, 5.74) is 5.26. The van der Waals surface area contributed by atoms with E-state index in [1.54, 1.807) is 14.2 Å². The van der Waals surface area contributed by atoms with Crippen molar-refractivity contribution in [1.82, 2.24) is 15.1 Å². The van der Waals surface area contributed by atoms with Crippen LogP contribution in [0.15, 0.2) is 36.4 Å². The van der Waals surface area contributed by atoms with Crippen molar-refractivity contribution in [1.29, 1.82) is 0 Å². The van der Waals surface area contributed by atoms with E-state index in [1.165, 1.54) is 7.11 Å². The summed E-state index contributed by atoms with van der Waals surface area (Å²) in [6, 6.07) is 11.9. The van der Waals surface area contributed by atoms with Crippen LogP contribution in [0.5, 0.6) is 17.2 Å². The molecule has 42 heavy (non-hydrogen) atoms. The number of carbonyl (C=O) groups is 1.